The van der Waals surface area contributed by atoms with Crippen LogP contribution < -0.4 is 0 Å². The molecule has 128 valence electrons. The van der Waals surface area contributed by atoms with Gasteiger partial charge in [0.1, 0.15) is 12.2 Å². The van der Waals surface area contributed by atoms with Crippen LogP contribution in [0.25, 0.3) is 0 Å². The van der Waals surface area contributed by atoms with Crippen LogP contribution in [0.15, 0.2) is 30.3 Å². The Balaban J connectivity index is 2.37. The van der Waals surface area contributed by atoms with Gasteiger partial charge in [-0.15, -0.1) is 0 Å². The number of hydrogen-bond acceptors (Lipinski definition) is 5. The molecule has 0 aliphatic heterocycles. The molecule has 2 atom stereocenters. The van der Waals surface area contributed by atoms with E-state index in [0.29, 0.717) is 5.56 Å². The van der Waals surface area contributed by atoms with Crippen LogP contribution in [0, 0.1) is 0 Å². The third-order valence-corrected chi connectivity index (χ3v) is 4.49. The molecule has 0 aromatic heterocycles. The van der Waals surface area contributed by atoms with Crippen molar-refractivity contribution in [3.05, 3.63) is 69.3 Å². The number of carbonyl (C=O) groups is 3. The largest absolute Gasteiger partial charge is 0.478 e. The number of carboxylic acid groups (broad SMARTS) is 1. The summed E-state index contributed by atoms with van der Waals surface area (Å²) < 4.78 is 0. The Morgan fingerprint density at radius 2 is 1.44 bits per heavy atom. The second-order valence-electron chi connectivity index (χ2n) is 6.06. The van der Waals surface area contributed by atoms with Crippen molar-refractivity contribution in [2.75, 3.05) is 0 Å². The van der Waals surface area contributed by atoms with Crippen molar-refractivity contribution in [3.63, 3.8) is 0 Å². The average molecular weight is 340 g/mol. The molecule has 3 rings (SSSR count). The Morgan fingerprint density at radius 1 is 0.840 bits per heavy atom. The molecule has 0 radical (unpaired) electrons. The van der Waals surface area contributed by atoms with Gasteiger partial charge in [-0.05, 0) is 37.1 Å². The number of aromatic carboxylic acids is 1. The number of Topliss-reactive ketones (excluding diaryl/α,β-unsaturated/α-hetero) is 2. The first-order chi connectivity index (χ1) is 11.7. The minimum Gasteiger partial charge on any atom is -0.478 e. The molecule has 3 N–H and O–H groups in total. The maximum absolute atomic E-state index is 12.0. The van der Waals surface area contributed by atoms with Crippen molar-refractivity contribution in [1.29, 1.82) is 0 Å². The molecule has 25 heavy (non-hydrogen) atoms. The smallest absolute Gasteiger partial charge is 0.335 e. The second-order valence-corrected chi connectivity index (χ2v) is 6.06. The molecule has 6 nitrogen and oxygen atoms in total. The Labute approximate surface area is 143 Å². The number of aliphatic hydroxyl groups is 2. The third-order valence-electron chi connectivity index (χ3n) is 4.49. The topological polar surface area (TPSA) is 112 Å². The Morgan fingerprint density at radius 3 is 2.00 bits per heavy atom. The Hall–Kier alpha value is -2.83. The van der Waals surface area contributed by atoms with Crippen LogP contribution in [-0.2, 0) is 0 Å². The summed E-state index contributed by atoms with van der Waals surface area (Å²) in [5.74, 6) is -1.96. The molecule has 0 saturated carbocycles. The minimum absolute atomic E-state index is 0.0189. The van der Waals surface area contributed by atoms with Gasteiger partial charge in [-0.25, -0.2) is 4.79 Å². The number of benzene rings is 2. The molecule has 0 fully saturated rings. The highest BCUT2D eigenvalue weighted by Gasteiger charge is 2.36. The fraction of sp³-hybridized carbons (Fsp3) is 0.211. The first-order valence-corrected chi connectivity index (χ1v) is 7.66. The fourth-order valence-corrected chi connectivity index (χ4v) is 3.37. The Bertz CT molecular complexity index is 928. The van der Waals surface area contributed by atoms with Gasteiger partial charge in [0, 0.05) is 22.3 Å². The van der Waals surface area contributed by atoms with E-state index in [4.69, 9.17) is 0 Å². The first kappa shape index (κ1) is 17.0. The van der Waals surface area contributed by atoms with Crippen LogP contribution in [0.3, 0.4) is 0 Å². The molecular weight excluding hydrogens is 324 g/mol. The van der Waals surface area contributed by atoms with Gasteiger partial charge in [0.15, 0.2) is 11.6 Å². The number of fused-ring (bicyclic) bond motifs is 2. The zero-order valence-electron chi connectivity index (χ0n) is 13.6. The lowest BCUT2D eigenvalue weighted by molar-refractivity contribution is 0.0696. The lowest BCUT2D eigenvalue weighted by Gasteiger charge is -2.32. The van der Waals surface area contributed by atoms with E-state index >= 15 is 0 Å². The lowest BCUT2D eigenvalue weighted by atomic mass is 9.76. The van der Waals surface area contributed by atoms with Gasteiger partial charge in [-0.3, -0.25) is 9.59 Å². The summed E-state index contributed by atoms with van der Waals surface area (Å²) in [4.78, 5) is 35.3. The van der Waals surface area contributed by atoms with Crippen molar-refractivity contribution in [2.45, 2.75) is 26.1 Å². The molecule has 1 aliphatic carbocycles. The predicted molar refractivity (Wildman–Crippen MR) is 88.0 cm³/mol. The lowest BCUT2D eigenvalue weighted by Crippen LogP contribution is -2.24. The maximum atomic E-state index is 12.0. The van der Waals surface area contributed by atoms with E-state index in [2.05, 4.69) is 0 Å². The number of carbonyl (C=O) groups excluding carboxylic acids is 2. The Kier molecular flexibility index (Phi) is 4.02. The van der Waals surface area contributed by atoms with Crippen LogP contribution in [0.5, 0.6) is 0 Å². The third kappa shape index (κ3) is 2.56. The van der Waals surface area contributed by atoms with Crippen LogP contribution in [0.4, 0.5) is 0 Å². The van der Waals surface area contributed by atoms with Gasteiger partial charge in [0.25, 0.3) is 0 Å². The molecule has 0 spiro atoms. The maximum Gasteiger partial charge on any atom is 0.335 e. The van der Waals surface area contributed by atoms with E-state index in [1.165, 1.54) is 26.0 Å². The van der Waals surface area contributed by atoms with Gasteiger partial charge >= 0.3 is 5.97 Å². The quantitative estimate of drug-likeness (QED) is 0.739. The van der Waals surface area contributed by atoms with E-state index in [0.717, 1.165) is 0 Å². The molecule has 0 bridgehead atoms. The van der Waals surface area contributed by atoms with E-state index in [1.807, 2.05) is 0 Å². The minimum atomic E-state index is -1.31. The molecule has 0 saturated heterocycles. The number of rotatable bonds is 3. The standard InChI is InChI=1S/C19H16O6/c1-8(20)11-4-3-5-12-15(11)18(23)16-13(9(2)21)6-10(19(24)25)7-14(16)17(12)22/h3-7,17-18,22-23H,1-2H3,(H,24,25). The van der Waals surface area contributed by atoms with Crippen molar-refractivity contribution >= 4 is 17.5 Å². The molecule has 0 amide bonds. The molecule has 2 aromatic carbocycles. The summed E-state index contributed by atoms with van der Waals surface area (Å²) in [6, 6.07) is 7.13. The van der Waals surface area contributed by atoms with Gasteiger partial charge in [0.2, 0.25) is 0 Å². The van der Waals surface area contributed by atoms with Crippen molar-refractivity contribution < 1.29 is 29.7 Å². The highest BCUT2D eigenvalue weighted by Crippen LogP contribution is 2.44. The highest BCUT2D eigenvalue weighted by molar-refractivity contribution is 6.01. The summed E-state index contributed by atoms with van der Waals surface area (Å²) in [6.07, 6.45) is -2.56. The van der Waals surface area contributed by atoms with E-state index in [1.54, 1.807) is 18.2 Å². The predicted octanol–water partition coefficient (Wildman–Crippen LogP) is 2.27. The SMILES string of the molecule is CC(=O)c1cccc2c1C(O)c1c(C(C)=O)cc(C(=O)O)cc1C2O. The van der Waals surface area contributed by atoms with Gasteiger partial charge in [-0.2, -0.15) is 0 Å². The normalized spacial score (nSPS) is 18.2. The van der Waals surface area contributed by atoms with Gasteiger partial charge < -0.3 is 15.3 Å². The number of ketones is 2. The fourth-order valence-electron chi connectivity index (χ4n) is 3.37. The zero-order valence-corrected chi connectivity index (χ0v) is 13.6. The molecule has 2 unspecified atom stereocenters. The molecule has 0 heterocycles. The molecule has 2 aromatic rings. The van der Waals surface area contributed by atoms with Crippen LogP contribution >= 0.6 is 0 Å². The summed E-state index contributed by atoms with van der Waals surface area (Å²) in [6.45, 7) is 2.61. The molecule has 6 heteroatoms. The number of carboxylic acids is 1. The number of aliphatic hydroxyl groups excluding tert-OH is 2. The summed E-state index contributed by atoms with van der Waals surface area (Å²) in [5.41, 5.74) is 1.00. The van der Waals surface area contributed by atoms with E-state index in [9.17, 15) is 29.7 Å². The summed E-state index contributed by atoms with van der Waals surface area (Å²) in [7, 11) is 0. The molecule has 1 aliphatic rings. The second kappa shape index (κ2) is 5.91. The first-order valence-electron chi connectivity index (χ1n) is 7.66. The average Bonchev–Trinajstić information content (AvgIpc) is 2.57. The summed E-state index contributed by atoms with van der Waals surface area (Å²) >= 11 is 0. The molecular formula is C19H16O6. The van der Waals surface area contributed by atoms with Crippen molar-refractivity contribution in [3.8, 4) is 0 Å². The number of hydrogen-bond donors (Lipinski definition) is 3. The van der Waals surface area contributed by atoms with Crippen LogP contribution in [0.1, 0.15) is 79.4 Å². The van der Waals surface area contributed by atoms with Gasteiger partial charge in [-0.1, -0.05) is 18.2 Å². The van der Waals surface area contributed by atoms with Crippen molar-refractivity contribution in [2.24, 2.45) is 0 Å². The monoisotopic (exact) mass is 340 g/mol. The van der Waals surface area contributed by atoms with E-state index < -0.39 is 24.0 Å². The van der Waals surface area contributed by atoms with Crippen LogP contribution in [0.2, 0.25) is 0 Å². The van der Waals surface area contributed by atoms with Gasteiger partial charge in [0.05, 0.1) is 5.56 Å². The van der Waals surface area contributed by atoms with Crippen molar-refractivity contribution in [1.82, 2.24) is 0 Å². The van der Waals surface area contributed by atoms with E-state index in [-0.39, 0.29) is 39.2 Å². The van der Waals surface area contributed by atoms with Crippen LogP contribution in [-0.4, -0.2) is 32.9 Å². The zero-order chi connectivity index (χ0) is 18.5. The highest BCUT2D eigenvalue weighted by atomic mass is 16.4. The summed E-state index contributed by atoms with van der Waals surface area (Å²) in [5, 5.41) is 30.8.